The van der Waals surface area contributed by atoms with Crippen molar-refractivity contribution in [3.63, 3.8) is 0 Å². The van der Waals surface area contributed by atoms with Crippen molar-refractivity contribution in [2.45, 2.75) is 33.3 Å². The molecule has 0 atom stereocenters. The molecule has 0 aromatic carbocycles. The highest BCUT2D eigenvalue weighted by Gasteiger charge is 2.27. The number of amidine groups is 1. The molecule has 1 aliphatic rings. The van der Waals surface area contributed by atoms with Crippen molar-refractivity contribution in [3.05, 3.63) is 10.8 Å². The number of aromatic nitrogens is 2. The molecule has 1 aliphatic heterocycles. The van der Waals surface area contributed by atoms with Crippen LogP contribution in [-0.2, 0) is 4.74 Å². The number of carbonyl (C=O) groups excluding carboxylic acids is 1. The Kier molecular flexibility index (Phi) is 6.44. The van der Waals surface area contributed by atoms with Crippen LogP contribution < -0.4 is 4.90 Å². The Morgan fingerprint density at radius 2 is 1.88 bits per heavy atom. The Morgan fingerprint density at radius 1 is 1.27 bits per heavy atom. The first kappa shape index (κ1) is 20.4. The van der Waals surface area contributed by atoms with Gasteiger partial charge >= 0.3 is 6.09 Å². The SMILES string of the molecule is C/C(=N\c1nc(Br)cnc1N1CCN(C(=O)OC(C)(C)C)CC1)N(C)C. The molecule has 0 aliphatic carbocycles. The highest BCUT2D eigenvalue weighted by molar-refractivity contribution is 9.10. The molecule has 0 unspecified atom stereocenters. The maximum absolute atomic E-state index is 12.2. The summed E-state index contributed by atoms with van der Waals surface area (Å²) in [5, 5.41) is 0. The normalized spacial score (nSPS) is 15.9. The van der Waals surface area contributed by atoms with Gasteiger partial charge in [-0.1, -0.05) is 0 Å². The molecular formula is C17H27BrN6O2. The fourth-order valence-electron chi connectivity index (χ4n) is 2.33. The predicted octanol–water partition coefficient (Wildman–Crippen LogP) is 2.91. The van der Waals surface area contributed by atoms with Gasteiger partial charge in [-0.3, -0.25) is 0 Å². The molecule has 0 saturated carbocycles. The van der Waals surface area contributed by atoms with E-state index in [1.807, 2.05) is 46.7 Å². The summed E-state index contributed by atoms with van der Waals surface area (Å²) in [5.41, 5.74) is -0.489. The zero-order chi connectivity index (χ0) is 19.5. The molecule has 1 fully saturated rings. The Bertz CT molecular complexity index is 678. The number of amides is 1. The molecular weight excluding hydrogens is 400 g/mol. The summed E-state index contributed by atoms with van der Waals surface area (Å²) in [4.78, 5) is 31.5. The lowest BCUT2D eigenvalue weighted by Gasteiger charge is -2.36. The second-order valence-electron chi connectivity index (χ2n) is 7.35. The summed E-state index contributed by atoms with van der Waals surface area (Å²) >= 11 is 3.36. The summed E-state index contributed by atoms with van der Waals surface area (Å²) in [5.74, 6) is 2.13. The molecule has 2 heterocycles. The molecule has 26 heavy (non-hydrogen) atoms. The van der Waals surface area contributed by atoms with E-state index in [0.29, 0.717) is 36.6 Å². The molecule has 1 saturated heterocycles. The van der Waals surface area contributed by atoms with Crippen LogP contribution in [0.4, 0.5) is 16.4 Å². The van der Waals surface area contributed by atoms with Crippen molar-refractivity contribution in [3.8, 4) is 0 Å². The van der Waals surface area contributed by atoms with E-state index in [0.717, 1.165) is 11.7 Å². The Labute approximate surface area is 163 Å². The van der Waals surface area contributed by atoms with Crippen LogP contribution in [0.15, 0.2) is 15.8 Å². The zero-order valence-corrected chi connectivity index (χ0v) is 17.9. The van der Waals surface area contributed by atoms with E-state index in [1.165, 1.54) is 0 Å². The highest BCUT2D eigenvalue weighted by Crippen LogP contribution is 2.27. The van der Waals surface area contributed by atoms with E-state index in [9.17, 15) is 4.79 Å². The third kappa shape index (κ3) is 5.55. The van der Waals surface area contributed by atoms with Crippen molar-refractivity contribution >= 4 is 39.5 Å². The third-order valence-corrected chi connectivity index (χ3v) is 4.23. The van der Waals surface area contributed by atoms with Crippen LogP contribution >= 0.6 is 15.9 Å². The molecule has 0 N–H and O–H groups in total. The van der Waals surface area contributed by atoms with Gasteiger partial charge in [-0.15, -0.1) is 0 Å². The smallest absolute Gasteiger partial charge is 0.410 e. The number of nitrogens with zero attached hydrogens (tertiary/aromatic N) is 6. The maximum atomic E-state index is 12.2. The van der Waals surface area contributed by atoms with Crippen molar-refractivity contribution in [2.75, 3.05) is 45.2 Å². The first-order valence-corrected chi connectivity index (χ1v) is 9.34. The van der Waals surface area contributed by atoms with Gasteiger partial charge in [0.25, 0.3) is 0 Å². The predicted molar refractivity (Wildman–Crippen MR) is 106 cm³/mol. The second kappa shape index (κ2) is 8.20. The molecule has 1 amide bonds. The van der Waals surface area contributed by atoms with Crippen molar-refractivity contribution in [1.82, 2.24) is 19.8 Å². The lowest BCUT2D eigenvalue weighted by atomic mass is 10.2. The fraction of sp³-hybridized carbons (Fsp3) is 0.647. The summed E-state index contributed by atoms with van der Waals surface area (Å²) in [6.45, 7) is 9.98. The average molecular weight is 427 g/mol. The monoisotopic (exact) mass is 426 g/mol. The van der Waals surface area contributed by atoms with Gasteiger partial charge in [0.05, 0.1) is 6.20 Å². The van der Waals surface area contributed by atoms with Gasteiger partial charge < -0.3 is 19.4 Å². The van der Waals surface area contributed by atoms with Gasteiger partial charge in [0, 0.05) is 40.3 Å². The molecule has 0 bridgehead atoms. The number of carbonyl (C=O) groups is 1. The van der Waals surface area contributed by atoms with Gasteiger partial charge in [0.15, 0.2) is 11.6 Å². The third-order valence-electron chi connectivity index (χ3n) is 3.85. The van der Waals surface area contributed by atoms with Gasteiger partial charge in [0.2, 0.25) is 0 Å². The fourth-order valence-corrected chi connectivity index (χ4v) is 2.60. The van der Waals surface area contributed by atoms with Crippen molar-refractivity contribution < 1.29 is 9.53 Å². The average Bonchev–Trinajstić information content (AvgIpc) is 2.53. The lowest BCUT2D eigenvalue weighted by molar-refractivity contribution is 0.0240. The number of halogens is 1. The molecule has 0 spiro atoms. The minimum atomic E-state index is -0.489. The molecule has 144 valence electrons. The van der Waals surface area contributed by atoms with E-state index in [4.69, 9.17) is 4.74 Å². The number of hydrogen-bond acceptors (Lipinski definition) is 6. The standard InChI is InChI=1S/C17H27BrN6O2/c1-12(22(5)6)20-14-15(19-11-13(18)21-14)23-7-9-24(10-8-23)16(25)26-17(2,3)4/h11H,7-10H2,1-6H3/b20-12+. The van der Waals surface area contributed by atoms with Crippen LogP contribution in [0.3, 0.4) is 0 Å². The number of rotatable bonds is 2. The zero-order valence-electron chi connectivity index (χ0n) is 16.3. The first-order valence-electron chi connectivity index (χ1n) is 8.55. The van der Waals surface area contributed by atoms with Crippen LogP contribution in [0, 0.1) is 0 Å². The molecule has 1 aromatic rings. The van der Waals surface area contributed by atoms with E-state index in [-0.39, 0.29) is 6.09 Å². The molecule has 8 nitrogen and oxygen atoms in total. The van der Waals surface area contributed by atoms with E-state index >= 15 is 0 Å². The van der Waals surface area contributed by atoms with Gasteiger partial charge in [0.1, 0.15) is 16.0 Å². The molecule has 9 heteroatoms. The molecule has 0 radical (unpaired) electrons. The maximum Gasteiger partial charge on any atom is 0.410 e. The van der Waals surface area contributed by atoms with Crippen LogP contribution in [0.1, 0.15) is 27.7 Å². The Hall–Kier alpha value is -1.90. The number of anilines is 1. The van der Waals surface area contributed by atoms with Gasteiger partial charge in [-0.2, -0.15) is 0 Å². The molecule has 2 rings (SSSR count). The summed E-state index contributed by atoms with van der Waals surface area (Å²) in [7, 11) is 3.87. The van der Waals surface area contributed by atoms with E-state index in [1.54, 1.807) is 11.1 Å². The lowest BCUT2D eigenvalue weighted by Crippen LogP contribution is -2.50. The number of piperazine rings is 1. The minimum absolute atomic E-state index is 0.277. The summed E-state index contributed by atoms with van der Waals surface area (Å²) in [6.07, 6.45) is 1.39. The van der Waals surface area contributed by atoms with Crippen LogP contribution in [0.25, 0.3) is 0 Å². The quantitative estimate of drug-likeness (QED) is 0.534. The summed E-state index contributed by atoms with van der Waals surface area (Å²) < 4.78 is 6.08. The Balaban J connectivity index is 2.12. The Morgan fingerprint density at radius 3 is 2.42 bits per heavy atom. The topological polar surface area (TPSA) is 74.2 Å². The van der Waals surface area contributed by atoms with Gasteiger partial charge in [-0.05, 0) is 43.6 Å². The highest BCUT2D eigenvalue weighted by atomic mass is 79.9. The van der Waals surface area contributed by atoms with Crippen LogP contribution in [-0.4, -0.2) is 77.6 Å². The largest absolute Gasteiger partial charge is 0.444 e. The number of aliphatic imine (C=N–C) groups is 1. The van der Waals surface area contributed by atoms with Crippen LogP contribution in [0.5, 0.6) is 0 Å². The van der Waals surface area contributed by atoms with E-state index in [2.05, 4.69) is 35.8 Å². The summed E-state index contributed by atoms with van der Waals surface area (Å²) in [6, 6.07) is 0. The first-order chi connectivity index (χ1) is 12.1. The van der Waals surface area contributed by atoms with Crippen molar-refractivity contribution in [2.24, 2.45) is 4.99 Å². The number of hydrogen-bond donors (Lipinski definition) is 0. The van der Waals surface area contributed by atoms with Crippen LogP contribution in [0.2, 0.25) is 0 Å². The van der Waals surface area contributed by atoms with E-state index < -0.39 is 5.60 Å². The molecule has 1 aromatic heterocycles. The van der Waals surface area contributed by atoms with Gasteiger partial charge in [-0.25, -0.2) is 19.8 Å². The minimum Gasteiger partial charge on any atom is -0.444 e. The number of ether oxygens (including phenoxy) is 1. The second-order valence-corrected chi connectivity index (χ2v) is 8.16. The van der Waals surface area contributed by atoms with Crippen molar-refractivity contribution in [1.29, 1.82) is 0 Å².